The van der Waals surface area contributed by atoms with Gasteiger partial charge in [0.2, 0.25) is 0 Å². The number of thiocarbonyl (C=S) groups is 1. The lowest BCUT2D eigenvalue weighted by Gasteiger charge is -2.22. The van der Waals surface area contributed by atoms with Crippen molar-refractivity contribution in [1.82, 2.24) is 19.8 Å². The first kappa shape index (κ1) is 40.3. The Balaban J connectivity index is 1.46. The van der Waals surface area contributed by atoms with Gasteiger partial charge in [-0.2, -0.15) is 4.99 Å². The van der Waals surface area contributed by atoms with E-state index in [1.54, 1.807) is 18.2 Å². The first-order chi connectivity index (χ1) is 24.3. The number of pyridine rings is 2. The number of aromatic nitrogens is 2. The highest BCUT2D eigenvalue weighted by atomic mass is 32.1. The fourth-order valence-electron chi connectivity index (χ4n) is 4.74. The van der Waals surface area contributed by atoms with Crippen molar-refractivity contribution in [3.05, 3.63) is 82.9 Å². The van der Waals surface area contributed by atoms with Gasteiger partial charge in [0.15, 0.2) is 5.69 Å². The van der Waals surface area contributed by atoms with Crippen LogP contribution in [0.4, 0.5) is 5.69 Å². The Labute approximate surface area is 297 Å². The molecule has 0 saturated carbocycles. The van der Waals surface area contributed by atoms with Crippen LogP contribution in [0.2, 0.25) is 0 Å². The Hall–Kier alpha value is -4.18. The first-order valence-corrected chi connectivity index (χ1v) is 16.7. The fourth-order valence-corrected chi connectivity index (χ4v) is 4.85. The van der Waals surface area contributed by atoms with Crippen LogP contribution in [0.1, 0.15) is 44.9 Å². The van der Waals surface area contributed by atoms with Gasteiger partial charge in [0.1, 0.15) is 11.4 Å². The van der Waals surface area contributed by atoms with E-state index in [0.29, 0.717) is 102 Å². The molecule has 0 unspecified atom stereocenters. The molecule has 0 aliphatic heterocycles. The third-order valence-corrected chi connectivity index (χ3v) is 7.44. The zero-order valence-electron chi connectivity index (χ0n) is 28.2. The van der Waals surface area contributed by atoms with Gasteiger partial charge in [-0.15, -0.1) is 0 Å². The zero-order chi connectivity index (χ0) is 36.0. The highest BCUT2D eigenvalue weighted by Gasteiger charge is 2.14. The standard InChI is InChI=1S/C35H45N5O9S/c1-2-39(24-29-4-3-5-32(37-29)34(42)43)11-16-47-20-21-48-18-13-40(12-17-46-19-14-41)25-30-22-31(23-33(38-30)35(44)45)49-15-10-27-6-8-28(9-7-27)36-26-50/h3-9,22-23,41H,2,10-21,24-25H2,1H3,(H,42,43)(H,44,45). The van der Waals surface area contributed by atoms with Crippen LogP contribution in [0.25, 0.3) is 0 Å². The second kappa shape index (κ2) is 23.3. The van der Waals surface area contributed by atoms with Crippen molar-refractivity contribution in [3.8, 4) is 5.75 Å². The number of nitrogens with zero attached hydrogens (tertiary/aromatic N) is 5. The Morgan fingerprint density at radius 3 is 2.02 bits per heavy atom. The molecule has 15 heteroatoms. The van der Waals surface area contributed by atoms with Crippen molar-refractivity contribution in [2.45, 2.75) is 26.4 Å². The number of aromatic carboxylic acids is 2. The van der Waals surface area contributed by atoms with Gasteiger partial charge in [0, 0.05) is 51.3 Å². The normalized spacial score (nSPS) is 11.1. The molecule has 0 aliphatic rings. The molecule has 2 heterocycles. The summed E-state index contributed by atoms with van der Waals surface area (Å²) in [6.45, 7) is 7.82. The molecule has 3 N–H and O–H groups in total. The average molecular weight is 712 g/mol. The van der Waals surface area contributed by atoms with E-state index in [4.69, 9.17) is 24.1 Å². The fraction of sp³-hybridized carbons (Fsp3) is 0.457. The monoisotopic (exact) mass is 711 g/mol. The minimum atomic E-state index is -1.15. The molecule has 0 spiro atoms. The molecule has 0 fully saturated rings. The summed E-state index contributed by atoms with van der Waals surface area (Å²) in [6.07, 6.45) is 0.606. The smallest absolute Gasteiger partial charge is 0.354 e. The molecule has 0 amide bonds. The van der Waals surface area contributed by atoms with Crippen LogP contribution in [-0.4, -0.2) is 131 Å². The van der Waals surface area contributed by atoms with Crippen molar-refractivity contribution in [3.63, 3.8) is 0 Å². The van der Waals surface area contributed by atoms with E-state index in [9.17, 15) is 19.8 Å². The first-order valence-electron chi connectivity index (χ1n) is 16.3. The Kier molecular flexibility index (Phi) is 18.7. The lowest BCUT2D eigenvalue weighted by atomic mass is 10.1. The summed E-state index contributed by atoms with van der Waals surface area (Å²) in [7, 11) is 0. The van der Waals surface area contributed by atoms with Gasteiger partial charge in [0.25, 0.3) is 0 Å². The number of hydrogen-bond donors (Lipinski definition) is 3. The van der Waals surface area contributed by atoms with Crippen LogP contribution in [0, 0.1) is 0 Å². The Morgan fingerprint density at radius 1 is 0.780 bits per heavy atom. The number of carboxylic acid groups (broad SMARTS) is 2. The summed E-state index contributed by atoms with van der Waals surface area (Å²) >= 11 is 4.64. The molecule has 0 radical (unpaired) electrons. The summed E-state index contributed by atoms with van der Waals surface area (Å²) in [4.78, 5) is 39.7. The lowest BCUT2D eigenvalue weighted by molar-refractivity contribution is 0.0242. The molecule has 2 aromatic heterocycles. The maximum absolute atomic E-state index is 11.9. The van der Waals surface area contributed by atoms with Gasteiger partial charge >= 0.3 is 11.9 Å². The van der Waals surface area contributed by atoms with Crippen LogP contribution >= 0.6 is 12.2 Å². The van der Waals surface area contributed by atoms with Crippen LogP contribution in [-0.2, 0) is 33.7 Å². The predicted octanol–water partition coefficient (Wildman–Crippen LogP) is 3.60. The van der Waals surface area contributed by atoms with Crippen LogP contribution < -0.4 is 4.74 Å². The molecular formula is C35H45N5O9S. The molecule has 14 nitrogen and oxygen atoms in total. The molecule has 270 valence electrons. The number of hydrogen-bond acceptors (Lipinski definition) is 13. The van der Waals surface area contributed by atoms with Crippen molar-refractivity contribution in [2.75, 3.05) is 79.0 Å². The van der Waals surface area contributed by atoms with E-state index in [1.165, 1.54) is 12.1 Å². The summed E-state index contributed by atoms with van der Waals surface area (Å²) in [5, 5.41) is 30.3. The van der Waals surface area contributed by atoms with Crippen LogP contribution in [0.3, 0.4) is 0 Å². The van der Waals surface area contributed by atoms with Crippen LogP contribution in [0.15, 0.2) is 59.6 Å². The lowest BCUT2D eigenvalue weighted by Crippen LogP contribution is -2.32. The minimum Gasteiger partial charge on any atom is -0.493 e. The molecule has 0 bridgehead atoms. The third-order valence-electron chi connectivity index (χ3n) is 7.35. The number of rotatable bonds is 26. The molecule has 3 rings (SSSR count). The van der Waals surface area contributed by atoms with Crippen molar-refractivity contribution < 1.29 is 43.9 Å². The molecular weight excluding hydrogens is 666 g/mol. The van der Waals surface area contributed by atoms with E-state index < -0.39 is 11.9 Å². The van der Waals surface area contributed by atoms with Gasteiger partial charge in [-0.25, -0.2) is 19.6 Å². The van der Waals surface area contributed by atoms with Gasteiger partial charge in [-0.1, -0.05) is 25.1 Å². The number of carboxylic acids is 2. The third kappa shape index (κ3) is 15.6. The molecule has 0 aliphatic carbocycles. The number of carbonyl (C=O) groups is 2. The van der Waals surface area contributed by atoms with Crippen LogP contribution in [0.5, 0.6) is 5.75 Å². The number of aliphatic hydroxyl groups is 1. The van der Waals surface area contributed by atoms with Gasteiger partial charge in [-0.3, -0.25) is 9.80 Å². The number of isothiocyanates is 1. The van der Waals surface area contributed by atoms with E-state index in [2.05, 4.69) is 37.2 Å². The van der Waals surface area contributed by atoms with Crippen molar-refractivity contribution in [1.29, 1.82) is 0 Å². The SMILES string of the molecule is CCN(CCOCCOCCN(CCOCCO)Cc1cc(OCCc2ccc(N=C=S)cc2)cc(C(=O)O)n1)Cc1cccc(C(=O)O)n1. The van der Waals surface area contributed by atoms with E-state index >= 15 is 0 Å². The van der Waals surface area contributed by atoms with Gasteiger partial charge in [0.05, 0.1) is 75.1 Å². The average Bonchev–Trinajstić information content (AvgIpc) is 3.11. The number of likely N-dealkylation sites (N-methyl/N-ethyl adjacent to an activating group) is 1. The summed E-state index contributed by atoms with van der Waals surface area (Å²) < 4.78 is 23.0. The van der Waals surface area contributed by atoms with Crippen molar-refractivity contribution >= 4 is 35.0 Å². The predicted molar refractivity (Wildman–Crippen MR) is 188 cm³/mol. The highest BCUT2D eigenvalue weighted by Crippen LogP contribution is 2.18. The van der Waals surface area contributed by atoms with E-state index in [1.807, 2.05) is 36.1 Å². The molecule has 50 heavy (non-hydrogen) atoms. The number of aliphatic imine (C=N–C) groups is 1. The number of benzene rings is 1. The molecule has 3 aromatic rings. The molecule has 0 saturated heterocycles. The second-order valence-electron chi connectivity index (χ2n) is 11.0. The molecule has 0 atom stereocenters. The summed E-state index contributed by atoms with van der Waals surface area (Å²) in [5.74, 6) is -1.80. The second-order valence-corrected chi connectivity index (χ2v) is 11.2. The Morgan fingerprint density at radius 2 is 1.40 bits per heavy atom. The van der Waals surface area contributed by atoms with Gasteiger partial charge in [-0.05, 0) is 48.6 Å². The topological polar surface area (TPSA) is 176 Å². The summed E-state index contributed by atoms with van der Waals surface area (Å²) in [6, 6.07) is 15.6. The Bertz CT molecular complexity index is 1520. The number of ether oxygens (including phenoxy) is 4. The summed E-state index contributed by atoms with van der Waals surface area (Å²) in [5.41, 5.74) is 2.87. The van der Waals surface area contributed by atoms with E-state index in [-0.39, 0.29) is 24.6 Å². The minimum absolute atomic E-state index is 0.0241. The maximum Gasteiger partial charge on any atom is 0.354 e. The largest absolute Gasteiger partial charge is 0.493 e. The number of aliphatic hydroxyl groups excluding tert-OH is 1. The van der Waals surface area contributed by atoms with E-state index in [0.717, 1.165) is 12.1 Å². The quantitative estimate of drug-likeness (QED) is 0.0626. The van der Waals surface area contributed by atoms with Gasteiger partial charge < -0.3 is 34.3 Å². The van der Waals surface area contributed by atoms with Crippen molar-refractivity contribution in [2.24, 2.45) is 4.99 Å². The maximum atomic E-state index is 11.9. The zero-order valence-corrected chi connectivity index (χ0v) is 29.1. The molecule has 1 aromatic carbocycles. The highest BCUT2D eigenvalue weighted by molar-refractivity contribution is 7.78.